The summed E-state index contributed by atoms with van der Waals surface area (Å²) in [5, 5.41) is 20.5. The molecule has 0 radical (unpaired) electrons. The molecule has 90 valence electrons. The second-order valence-corrected chi connectivity index (χ2v) is 4.60. The first-order chi connectivity index (χ1) is 7.57. The Balaban J connectivity index is 2.82. The van der Waals surface area contributed by atoms with E-state index in [1.807, 2.05) is 6.92 Å². The van der Waals surface area contributed by atoms with Crippen molar-refractivity contribution in [1.29, 1.82) is 0 Å². The van der Waals surface area contributed by atoms with Crippen LogP contribution in [-0.4, -0.2) is 16.3 Å². The molecule has 0 aromatic heterocycles. The highest BCUT2D eigenvalue weighted by Gasteiger charge is 2.22. The van der Waals surface area contributed by atoms with Crippen molar-refractivity contribution in [3.05, 3.63) is 33.8 Å². The Hall–Kier alpha value is -0.280. The summed E-state index contributed by atoms with van der Waals surface area (Å²) in [5.74, 6) is 0. The van der Waals surface area contributed by atoms with Crippen LogP contribution in [0.15, 0.2) is 18.2 Å². The fourth-order valence-electron chi connectivity index (χ4n) is 1.56. The average molecular weight is 263 g/mol. The highest BCUT2D eigenvalue weighted by Crippen LogP contribution is 2.32. The smallest absolute Gasteiger partial charge is 0.108 e. The van der Waals surface area contributed by atoms with Crippen LogP contribution in [-0.2, 0) is 0 Å². The third-order valence-electron chi connectivity index (χ3n) is 2.51. The lowest BCUT2D eigenvalue weighted by molar-refractivity contribution is 0.0124. The highest BCUT2D eigenvalue weighted by molar-refractivity contribution is 6.36. The van der Waals surface area contributed by atoms with Crippen LogP contribution in [0.25, 0.3) is 0 Å². The molecule has 0 bridgehead atoms. The van der Waals surface area contributed by atoms with Crippen LogP contribution in [0, 0.1) is 0 Å². The molecule has 0 fully saturated rings. The van der Waals surface area contributed by atoms with Gasteiger partial charge < -0.3 is 10.2 Å². The number of unbranched alkanes of at least 4 members (excludes halogenated alkanes) is 1. The zero-order chi connectivity index (χ0) is 12.1. The molecule has 0 amide bonds. The summed E-state index contributed by atoms with van der Waals surface area (Å²) < 4.78 is 0. The molecule has 0 aliphatic rings. The van der Waals surface area contributed by atoms with Crippen LogP contribution in [0.5, 0.6) is 0 Å². The van der Waals surface area contributed by atoms with Crippen LogP contribution in [0.4, 0.5) is 0 Å². The summed E-state index contributed by atoms with van der Waals surface area (Å²) in [5.41, 5.74) is 0.412. The molecule has 0 aliphatic carbocycles. The first kappa shape index (κ1) is 13.8. The molecule has 0 aliphatic heterocycles. The van der Waals surface area contributed by atoms with E-state index in [2.05, 4.69) is 0 Å². The Morgan fingerprint density at radius 3 is 2.25 bits per heavy atom. The molecule has 1 unspecified atom stereocenters. The number of halogens is 2. The van der Waals surface area contributed by atoms with Gasteiger partial charge in [0.1, 0.15) is 6.10 Å². The normalized spacial score (nSPS) is 14.8. The number of benzene rings is 1. The molecule has 0 saturated heterocycles. The number of rotatable bonds is 5. The molecule has 0 spiro atoms. The fourth-order valence-corrected chi connectivity index (χ4v) is 2.18. The van der Waals surface area contributed by atoms with Crippen LogP contribution < -0.4 is 0 Å². The molecule has 1 rings (SSSR count). The van der Waals surface area contributed by atoms with Crippen LogP contribution in [0.1, 0.15) is 37.9 Å². The van der Waals surface area contributed by atoms with Crippen LogP contribution >= 0.6 is 23.2 Å². The first-order valence-electron chi connectivity index (χ1n) is 5.38. The molecule has 16 heavy (non-hydrogen) atoms. The van der Waals surface area contributed by atoms with Gasteiger partial charge in [-0.15, -0.1) is 0 Å². The standard InChI is InChI=1S/C12H16Cl2O2/c1-2-3-7-10(15)12(16)11-8(13)5-4-6-9(11)14/h4-6,10,12,15-16H,2-3,7H2,1H3/t10?,12-/m1/s1. The quantitative estimate of drug-likeness (QED) is 0.852. The Labute approximate surface area is 106 Å². The minimum Gasteiger partial charge on any atom is -0.390 e. The van der Waals surface area contributed by atoms with Crippen LogP contribution in [0.2, 0.25) is 10.0 Å². The molecular formula is C12H16Cl2O2. The van der Waals surface area contributed by atoms with E-state index in [0.717, 1.165) is 12.8 Å². The Morgan fingerprint density at radius 2 is 1.75 bits per heavy atom. The Kier molecular flexibility index (Phi) is 5.56. The van der Waals surface area contributed by atoms with Gasteiger partial charge >= 0.3 is 0 Å². The van der Waals surface area contributed by atoms with Gasteiger partial charge in [-0.05, 0) is 18.6 Å². The predicted molar refractivity (Wildman–Crippen MR) is 67.0 cm³/mol. The lowest BCUT2D eigenvalue weighted by Crippen LogP contribution is -2.18. The van der Waals surface area contributed by atoms with E-state index in [1.165, 1.54) is 0 Å². The minimum absolute atomic E-state index is 0.385. The molecule has 2 nitrogen and oxygen atoms in total. The molecule has 1 aromatic rings. The molecule has 4 heteroatoms. The van der Waals surface area contributed by atoms with Crippen molar-refractivity contribution in [2.45, 2.75) is 38.4 Å². The van der Waals surface area contributed by atoms with Gasteiger partial charge in [0.05, 0.1) is 6.10 Å². The average Bonchev–Trinajstić information content (AvgIpc) is 2.25. The topological polar surface area (TPSA) is 40.5 Å². The zero-order valence-corrected chi connectivity index (χ0v) is 10.7. The molecular weight excluding hydrogens is 247 g/mol. The molecule has 1 aromatic carbocycles. The SMILES string of the molecule is CCCCC(O)[C@@H](O)c1c(Cl)cccc1Cl. The summed E-state index contributed by atoms with van der Waals surface area (Å²) in [7, 11) is 0. The fraction of sp³-hybridized carbons (Fsp3) is 0.500. The van der Waals surface area contributed by atoms with E-state index in [0.29, 0.717) is 22.0 Å². The summed E-state index contributed by atoms with van der Waals surface area (Å²) in [6.45, 7) is 2.03. The first-order valence-corrected chi connectivity index (χ1v) is 6.13. The van der Waals surface area contributed by atoms with E-state index in [1.54, 1.807) is 18.2 Å². The lowest BCUT2D eigenvalue weighted by atomic mass is 10.0. The van der Waals surface area contributed by atoms with Crippen LogP contribution in [0.3, 0.4) is 0 Å². The monoisotopic (exact) mass is 262 g/mol. The number of hydrogen-bond acceptors (Lipinski definition) is 2. The van der Waals surface area contributed by atoms with Gasteiger partial charge in [-0.3, -0.25) is 0 Å². The van der Waals surface area contributed by atoms with Gasteiger partial charge in [-0.25, -0.2) is 0 Å². The maximum absolute atomic E-state index is 9.96. The maximum atomic E-state index is 9.96. The van der Waals surface area contributed by atoms with Crippen molar-refractivity contribution in [3.8, 4) is 0 Å². The molecule has 2 atom stereocenters. The third kappa shape index (κ3) is 3.36. The highest BCUT2D eigenvalue weighted by atomic mass is 35.5. The largest absolute Gasteiger partial charge is 0.390 e. The third-order valence-corrected chi connectivity index (χ3v) is 3.17. The van der Waals surface area contributed by atoms with E-state index in [4.69, 9.17) is 23.2 Å². The van der Waals surface area contributed by atoms with Crippen molar-refractivity contribution >= 4 is 23.2 Å². The summed E-state index contributed by atoms with van der Waals surface area (Å²) in [4.78, 5) is 0. The van der Waals surface area contributed by atoms with Gasteiger partial charge in [-0.2, -0.15) is 0 Å². The van der Waals surface area contributed by atoms with E-state index < -0.39 is 12.2 Å². The van der Waals surface area contributed by atoms with Gasteiger partial charge in [0.25, 0.3) is 0 Å². The maximum Gasteiger partial charge on any atom is 0.108 e. The molecule has 0 saturated carbocycles. The van der Waals surface area contributed by atoms with E-state index in [9.17, 15) is 10.2 Å². The zero-order valence-electron chi connectivity index (χ0n) is 9.16. The van der Waals surface area contributed by atoms with Gasteiger partial charge in [0.2, 0.25) is 0 Å². The van der Waals surface area contributed by atoms with Crippen molar-refractivity contribution in [2.24, 2.45) is 0 Å². The minimum atomic E-state index is -1.02. The van der Waals surface area contributed by atoms with Gasteiger partial charge in [0, 0.05) is 15.6 Å². The predicted octanol–water partition coefficient (Wildman–Crippen LogP) is 3.58. The van der Waals surface area contributed by atoms with Crippen molar-refractivity contribution in [3.63, 3.8) is 0 Å². The summed E-state index contributed by atoms with van der Waals surface area (Å²) >= 11 is 11.9. The van der Waals surface area contributed by atoms with Crippen molar-refractivity contribution in [1.82, 2.24) is 0 Å². The second kappa shape index (κ2) is 6.45. The summed E-state index contributed by atoms with van der Waals surface area (Å²) in [6, 6.07) is 5.01. The Bertz CT molecular complexity index is 322. The molecule has 0 heterocycles. The van der Waals surface area contributed by atoms with Crippen molar-refractivity contribution < 1.29 is 10.2 Å². The number of hydrogen-bond donors (Lipinski definition) is 2. The molecule has 2 N–H and O–H groups in total. The summed E-state index contributed by atoms with van der Waals surface area (Å²) in [6.07, 6.45) is 0.532. The lowest BCUT2D eigenvalue weighted by Gasteiger charge is -2.20. The van der Waals surface area contributed by atoms with E-state index >= 15 is 0 Å². The van der Waals surface area contributed by atoms with Gasteiger partial charge in [0.15, 0.2) is 0 Å². The van der Waals surface area contributed by atoms with Gasteiger partial charge in [-0.1, -0.05) is 49.0 Å². The number of aliphatic hydroxyl groups is 2. The second-order valence-electron chi connectivity index (χ2n) is 3.79. The van der Waals surface area contributed by atoms with Crippen molar-refractivity contribution in [2.75, 3.05) is 0 Å². The number of aliphatic hydroxyl groups excluding tert-OH is 2. The Morgan fingerprint density at radius 1 is 1.19 bits per heavy atom. The van der Waals surface area contributed by atoms with E-state index in [-0.39, 0.29) is 0 Å².